The number of nitrogens with zero attached hydrogens (tertiary/aromatic N) is 1. The number of carboxylic acid groups (broad SMARTS) is 1. The smallest absolute Gasteiger partial charge is 0.412 e. The second-order valence-electron chi connectivity index (χ2n) is 5.83. The quantitative estimate of drug-likeness (QED) is 0.555. The maximum atomic E-state index is 12.3. The van der Waals surface area contributed by atoms with Crippen LogP contribution in [0.2, 0.25) is 0 Å². The number of hydrogen-bond acceptors (Lipinski definition) is 6. The van der Waals surface area contributed by atoms with E-state index >= 15 is 0 Å². The summed E-state index contributed by atoms with van der Waals surface area (Å²) in [5.74, 6) is -0.553. The normalized spacial score (nSPS) is 11.4. The minimum atomic E-state index is -1.10. The molecule has 0 aliphatic heterocycles. The lowest BCUT2D eigenvalue weighted by atomic mass is 10.1. The summed E-state index contributed by atoms with van der Waals surface area (Å²) in [4.78, 5) is 23.0. The van der Waals surface area contributed by atoms with Crippen LogP contribution in [0.5, 0.6) is 5.75 Å². The number of carboxylic acids is 1. The highest BCUT2D eigenvalue weighted by molar-refractivity contribution is 5.84. The highest BCUT2D eigenvalue weighted by Crippen LogP contribution is 2.25. The van der Waals surface area contributed by atoms with Gasteiger partial charge in [0.2, 0.25) is 0 Å². The Labute approximate surface area is 167 Å². The van der Waals surface area contributed by atoms with E-state index in [9.17, 15) is 9.59 Å². The molecule has 29 heavy (non-hydrogen) atoms. The molecule has 0 fully saturated rings. The third-order valence-corrected chi connectivity index (χ3v) is 3.73. The molecule has 0 radical (unpaired) electrons. The average molecular weight is 396 g/mol. The summed E-state index contributed by atoms with van der Waals surface area (Å²) in [6.45, 7) is 0.0522. The molecule has 2 aromatic carbocycles. The first-order valence-electron chi connectivity index (χ1n) is 8.72. The van der Waals surface area contributed by atoms with Crippen molar-refractivity contribution in [2.45, 2.75) is 12.5 Å². The minimum Gasteiger partial charge on any atom is -0.491 e. The summed E-state index contributed by atoms with van der Waals surface area (Å²) in [6.07, 6.45) is 1.09. The molecule has 0 unspecified atom stereocenters. The van der Waals surface area contributed by atoms with Gasteiger partial charge in [0.05, 0.1) is 18.2 Å². The van der Waals surface area contributed by atoms with Gasteiger partial charge in [-0.15, -0.1) is 0 Å². The van der Waals surface area contributed by atoms with Crippen LogP contribution in [0.3, 0.4) is 0 Å². The Bertz CT molecular complexity index is 885. The number of nitrogens with one attached hydrogen (secondary N) is 1. The highest BCUT2D eigenvalue weighted by atomic mass is 16.6. The van der Waals surface area contributed by atoms with Crippen molar-refractivity contribution in [3.8, 4) is 11.8 Å². The number of amides is 1. The van der Waals surface area contributed by atoms with Crippen LogP contribution in [0.4, 0.5) is 10.5 Å². The van der Waals surface area contributed by atoms with Crippen molar-refractivity contribution in [1.29, 1.82) is 5.26 Å². The molecule has 0 aliphatic rings. The Morgan fingerprint density at radius 2 is 1.83 bits per heavy atom. The molecule has 0 saturated heterocycles. The van der Waals surface area contributed by atoms with Crippen LogP contribution in [-0.2, 0) is 9.53 Å². The van der Waals surface area contributed by atoms with E-state index < -0.39 is 18.2 Å². The lowest BCUT2D eigenvalue weighted by Crippen LogP contribution is -2.17. The Morgan fingerprint density at radius 1 is 1.14 bits per heavy atom. The third kappa shape index (κ3) is 7.36. The average Bonchev–Trinajstić information content (AvgIpc) is 2.72. The number of anilines is 1. The number of aliphatic hydroxyl groups is 1. The molecule has 3 N–H and O–H groups in total. The van der Waals surface area contributed by atoms with Crippen LogP contribution in [-0.4, -0.2) is 35.5 Å². The maximum Gasteiger partial charge on any atom is 0.412 e. The van der Waals surface area contributed by atoms with Gasteiger partial charge in [-0.25, -0.2) is 9.59 Å². The highest BCUT2D eigenvalue weighted by Gasteiger charge is 2.16. The van der Waals surface area contributed by atoms with Crippen LogP contribution >= 0.6 is 0 Å². The van der Waals surface area contributed by atoms with Crippen molar-refractivity contribution < 1.29 is 29.3 Å². The molecule has 8 heteroatoms. The van der Waals surface area contributed by atoms with Gasteiger partial charge in [0.1, 0.15) is 18.5 Å². The summed E-state index contributed by atoms with van der Waals surface area (Å²) in [5.41, 5.74) is 1.57. The lowest BCUT2D eigenvalue weighted by Gasteiger charge is -2.18. The summed E-state index contributed by atoms with van der Waals surface area (Å²) >= 11 is 0. The van der Waals surface area contributed by atoms with Gasteiger partial charge in [0.15, 0.2) is 0 Å². The van der Waals surface area contributed by atoms with Crippen molar-refractivity contribution in [1.82, 2.24) is 0 Å². The van der Waals surface area contributed by atoms with E-state index in [-0.39, 0.29) is 19.6 Å². The van der Waals surface area contributed by atoms with Gasteiger partial charge in [-0.1, -0.05) is 18.2 Å². The Balaban J connectivity index is 2.08. The van der Waals surface area contributed by atoms with Crippen LogP contribution in [0, 0.1) is 11.3 Å². The number of ether oxygens (including phenoxy) is 2. The molecule has 0 saturated carbocycles. The van der Waals surface area contributed by atoms with Gasteiger partial charge in [0.25, 0.3) is 0 Å². The number of aliphatic hydroxyl groups excluding tert-OH is 1. The van der Waals surface area contributed by atoms with Gasteiger partial charge in [-0.05, 0) is 42.0 Å². The molecule has 1 atom stereocenters. The second-order valence-corrected chi connectivity index (χ2v) is 5.83. The molecule has 8 nitrogen and oxygen atoms in total. The van der Waals surface area contributed by atoms with E-state index in [1.54, 1.807) is 48.5 Å². The molecular formula is C21H20N2O6. The lowest BCUT2D eigenvalue weighted by molar-refractivity contribution is -0.131. The number of carbonyl (C=O) groups is 2. The fourth-order valence-electron chi connectivity index (χ4n) is 2.39. The summed E-state index contributed by atoms with van der Waals surface area (Å²) in [7, 11) is 0. The molecule has 0 aliphatic carbocycles. The topological polar surface area (TPSA) is 129 Å². The minimum absolute atomic E-state index is 0.108. The van der Waals surface area contributed by atoms with E-state index in [4.69, 9.17) is 24.9 Å². The largest absolute Gasteiger partial charge is 0.491 e. The second kappa shape index (κ2) is 11.1. The monoisotopic (exact) mass is 396 g/mol. The number of nitriles is 1. The standard InChI is InChI=1S/C21H20N2O6/c22-14-15-4-8-17(9-5-15)23-21(27)29-19(2-1-3-20(25)26)16-6-10-18(11-7-16)28-13-12-24/h1,3-11,19,24H,2,12-13H2,(H,23,27)(H,25,26)/b3-1+/t19-/m1/s1. The molecule has 0 bridgehead atoms. The number of rotatable bonds is 9. The van der Waals surface area contributed by atoms with Crippen molar-refractivity contribution in [3.63, 3.8) is 0 Å². The summed E-state index contributed by atoms with van der Waals surface area (Å²) in [5, 5.41) is 29.0. The Kier molecular flexibility index (Phi) is 8.23. The van der Waals surface area contributed by atoms with Crippen LogP contribution in [0.1, 0.15) is 23.7 Å². The molecule has 0 aromatic heterocycles. The van der Waals surface area contributed by atoms with Gasteiger partial charge < -0.3 is 19.7 Å². The fourth-order valence-corrected chi connectivity index (χ4v) is 2.39. The zero-order valence-corrected chi connectivity index (χ0v) is 15.4. The van der Waals surface area contributed by atoms with E-state index in [2.05, 4.69) is 5.32 Å². The molecule has 150 valence electrons. The first kappa shape index (κ1) is 21.5. The van der Waals surface area contributed by atoms with Crippen molar-refractivity contribution in [2.24, 2.45) is 0 Å². The fraction of sp³-hybridized carbons (Fsp3) is 0.190. The Morgan fingerprint density at radius 3 is 2.41 bits per heavy atom. The zero-order valence-electron chi connectivity index (χ0n) is 15.4. The van der Waals surface area contributed by atoms with Crippen LogP contribution < -0.4 is 10.1 Å². The van der Waals surface area contributed by atoms with Crippen LogP contribution in [0.15, 0.2) is 60.7 Å². The number of benzene rings is 2. The zero-order chi connectivity index (χ0) is 21.1. The van der Waals surface area contributed by atoms with E-state index in [0.29, 0.717) is 22.6 Å². The first-order chi connectivity index (χ1) is 14.0. The Hall–Kier alpha value is -3.83. The molecule has 1 amide bonds. The number of hydrogen-bond donors (Lipinski definition) is 3. The van der Waals surface area contributed by atoms with Gasteiger partial charge in [-0.3, -0.25) is 5.32 Å². The first-order valence-corrected chi connectivity index (χ1v) is 8.72. The number of carbonyl (C=O) groups excluding carboxylic acids is 1. The van der Waals surface area contributed by atoms with Gasteiger partial charge in [-0.2, -0.15) is 5.26 Å². The SMILES string of the molecule is N#Cc1ccc(NC(=O)O[C@H](C/C=C/C(=O)O)c2ccc(OCCO)cc2)cc1. The predicted octanol–water partition coefficient (Wildman–Crippen LogP) is 3.25. The summed E-state index contributed by atoms with van der Waals surface area (Å²) < 4.78 is 10.8. The predicted molar refractivity (Wildman–Crippen MR) is 104 cm³/mol. The van der Waals surface area contributed by atoms with Gasteiger partial charge in [0, 0.05) is 18.2 Å². The van der Waals surface area contributed by atoms with Crippen molar-refractivity contribution >= 4 is 17.7 Å². The number of aliphatic carboxylic acids is 1. The van der Waals surface area contributed by atoms with E-state index in [1.807, 2.05) is 6.07 Å². The third-order valence-electron chi connectivity index (χ3n) is 3.73. The van der Waals surface area contributed by atoms with Crippen molar-refractivity contribution in [2.75, 3.05) is 18.5 Å². The molecule has 2 rings (SSSR count). The van der Waals surface area contributed by atoms with E-state index in [0.717, 1.165) is 6.08 Å². The maximum absolute atomic E-state index is 12.3. The molecular weight excluding hydrogens is 376 g/mol. The molecule has 2 aromatic rings. The summed E-state index contributed by atoms with van der Waals surface area (Å²) in [6, 6.07) is 15.0. The van der Waals surface area contributed by atoms with E-state index in [1.165, 1.54) is 6.08 Å². The van der Waals surface area contributed by atoms with Crippen LogP contribution in [0.25, 0.3) is 0 Å². The van der Waals surface area contributed by atoms with Crippen molar-refractivity contribution in [3.05, 3.63) is 71.8 Å². The molecule has 0 heterocycles. The van der Waals surface area contributed by atoms with Gasteiger partial charge >= 0.3 is 12.1 Å². The molecule has 0 spiro atoms.